The number of esters is 1. The summed E-state index contributed by atoms with van der Waals surface area (Å²) in [6, 6.07) is 9.75. The Morgan fingerprint density at radius 3 is 2.61 bits per heavy atom. The van der Waals surface area contributed by atoms with E-state index in [1.165, 1.54) is 12.1 Å². The molecule has 1 aliphatic rings. The first-order chi connectivity index (χ1) is 13.3. The molecule has 0 aliphatic carbocycles. The van der Waals surface area contributed by atoms with Crippen molar-refractivity contribution in [3.8, 4) is 11.5 Å². The minimum atomic E-state index is -1.00. The van der Waals surface area contributed by atoms with Crippen LogP contribution in [0.5, 0.6) is 11.5 Å². The molecule has 9 nitrogen and oxygen atoms in total. The molecule has 0 aromatic heterocycles. The Bertz CT molecular complexity index is 942. The lowest BCUT2D eigenvalue weighted by atomic mass is 10.1. The van der Waals surface area contributed by atoms with Crippen LogP contribution < -0.4 is 14.8 Å². The fourth-order valence-electron chi connectivity index (χ4n) is 2.60. The molecular formula is C19H18N2O7. The summed E-state index contributed by atoms with van der Waals surface area (Å²) in [4.78, 5) is 34.8. The van der Waals surface area contributed by atoms with Crippen LogP contribution in [0.1, 0.15) is 11.1 Å². The molecular weight excluding hydrogens is 368 g/mol. The molecule has 0 fully saturated rings. The first-order valence-corrected chi connectivity index (χ1v) is 8.45. The standard InChI is InChI=1S/C19H18N2O7/c1-11-7-13(14(21(24)25)8-12(11)2)20-18(22)10-27-19(23)17-9-26-15-5-3-4-6-16(15)28-17/h3-8,17H,9-10H2,1-2H3,(H,20,22)/t17-/m0/s1. The number of nitro benzene ring substituents is 1. The Hall–Kier alpha value is -3.62. The van der Waals surface area contributed by atoms with Gasteiger partial charge in [0.05, 0.1) is 4.92 Å². The van der Waals surface area contributed by atoms with Gasteiger partial charge in [0, 0.05) is 6.07 Å². The van der Waals surface area contributed by atoms with Crippen molar-refractivity contribution in [2.45, 2.75) is 20.0 Å². The number of anilines is 1. The molecule has 1 amide bonds. The number of hydrogen-bond donors (Lipinski definition) is 1. The van der Waals surface area contributed by atoms with Gasteiger partial charge < -0.3 is 19.5 Å². The van der Waals surface area contributed by atoms with Gasteiger partial charge in [-0.15, -0.1) is 0 Å². The monoisotopic (exact) mass is 386 g/mol. The number of fused-ring (bicyclic) bond motifs is 1. The van der Waals surface area contributed by atoms with Crippen molar-refractivity contribution in [3.05, 3.63) is 57.6 Å². The van der Waals surface area contributed by atoms with Crippen molar-refractivity contribution in [3.63, 3.8) is 0 Å². The third kappa shape index (κ3) is 4.20. The number of rotatable bonds is 5. The first kappa shape index (κ1) is 19.2. The smallest absolute Gasteiger partial charge is 0.351 e. The fourth-order valence-corrected chi connectivity index (χ4v) is 2.60. The average Bonchev–Trinajstić information content (AvgIpc) is 2.68. The summed E-state index contributed by atoms with van der Waals surface area (Å²) in [6.07, 6.45) is -1.00. The molecule has 0 spiro atoms. The van der Waals surface area contributed by atoms with Crippen LogP contribution in [0.4, 0.5) is 11.4 Å². The van der Waals surface area contributed by atoms with Gasteiger partial charge in [0.15, 0.2) is 18.1 Å². The molecule has 9 heteroatoms. The van der Waals surface area contributed by atoms with Crippen molar-refractivity contribution in [2.75, 3.05) is 18.5 Å². The summed E-state index contributed by atoms with van der Waals surface area (Å²) in [5.41, 5.74) is 1.32. The second kappa shape index (κ2) is 7.95. The fraction of sp³-hybridized carbons (Fsp3) is 0.263. The Labute approximate surface area is 160 Å². The average molecular weight is 386 g/mol. The number of amides is 1. The zero-order chi connectivity index (χ0) is 20.3. The van der Waals surface area contributed by atoms with Gasteiger partial charge in [-0.3, -0.25) is 14.9 Å². The van der Waals surface area contributed by atoms with E-state index in [2.05, 4.69) is 5.32 Å². The maximum Gasteiger partial charge on any atom is 0.351 e. The molecule has 1 N–H and O–H groups in total. The number of nitrogens with zero attached hydrogens (tertiary/aromatic N) is 1. The van der Waals surface area contributed by atoms with E-state index in [0.717, 1.165) is 11.1 Å². The molecule has 28 heavy (non-hydrogen) atoms. The predicted octanol–water partition coefficient (Wildman–Crippen LogP) is 2.53. The highest BCUT2D eigenvalue weighted by Crippen LogP contribution is 2.31. The molecule has 0 saturated heterocycles. The number of benzene rings is 2. The van der Waals surface area contributed by atoms with Crippen LogP contribution in [0.15, 0.2) is 36.4 Å². The van der Waals surface area contributed by atoms with E-state index in [-0.39, 0.29) is 18.0 Å². The van der Waals surface area contributed by atoms with Gasteiger partial charge in [-0.05, 0) is 43.2 Å². The van der Waals surface area contributed by atoms with E-state index in [0.29, 0.717) is 11.5 Å². The molecule has 0 saturated carbocycles. The van der Waals surface area contributed by atoms with E-state index in [4.69, 9.17) is 14.2 Å². The van der Waals surface area contributed by atoms with Gasteiger partial charge in [-0.2, -0.15) is 0 Å². The number of nitro groups is 1. The van der Waals surface area contributed by atoms with Gasteiger partial charge >= 0.3 is 5.97 Å². The van der Waals surface area contributed by atoms with Crippen molar-refractivity contribution in [1.82, 2.24) is 0 Å². The second-order valence-electron chi connectivity index (χ2n) is 6.23. The van der Waals surface area contributed by atoms with Crippen molar-refractivity contribution >= 4 is 23.3 Å². The number of ether oxygens (including phenoxy) is 3. The number of para-hydroxylation sites is 2. The summed E-state index contributed by atoms with van der Waals surface area (Å²) >= 11 is 0. The summed E-state index contributed by atoms with van der Waals surface area (Å²) in [6.45, 7) is 2.86. The summed E-state index contributed by atoms with van der Waals surface area (Å²) < 4.78 is 15.9. The maximum absolute atomic E-state index is 12.1. The predicted molar refractivity (Wildman–Crippen MR) is 98.5 cm³/mol. The van der Waals surface area contributed by atoms with Gasteiger partial charge in [0.1, 0.15) is 12.3 Å². The number of carbonyl (C=O) groups excluding carboxylic acids is 2. The summed E-state index contributed by atoms with van der Waals surface area (Å²) in [5.74, 6) is -0.534. The quantitative estimate of drug-likeness (QED) is 0.477. The van der Waals surface area contributed by atoms with E-state index in [9.17, 15) is 19.7 Å². The number of aryl methyl sites for hydroxylation is 2. The molecule has 146 valence electrons. The molecule has 0 unspecified atom stereocenters. The van der Waals surface area contributed by atoms with E-state index < -0.39 is 29.5 Å². The molecule has 2 aromatic rings. The normalized spacial score (nSPS) is 14.9. The number of hydrogen-bond acceptors (Lipinski definition) is 7. The minimum Gasteiger partial charge on any atom is -0.485 e. The van der Waals surface area contributed by atoms with Crippen LogP contribution in [-0.2, 0) is 14.3 Å². The van der Waals surface area contributed by atoms with Crippen molar-refractivity contribution < 1.29 is 28.7 Å². The van der Waals surface area contributed by atoms with Gasteiger partial charge in [0.2, 0.25) is 6.10 Å². The lowest BCUT2D eigenvalue weighted by Crippen LogP contribution is -2.39. The van der Waals surface area contributed by atoms with Crippen LogP contribution in [0.2, 0.25) is 0 Å². The van der Waals surface area contributed by atoms with Gasteiger partial charge in [-0.1, -0.05) is 12.1 Å². The maximum atomic E-state index is 12.1. The largest absolute Gasteiger partial charge is 0.485 e. The van der Waals surface area contributed by atoms with Crippen molar-refractivity contribution in [2.24, 2.45) is 0 Å². The molecule has 0 radical (unpaired) electrons. The van der Waals surface area contributed by atoms with Crippen LogP contribution in [0, 0.1) is 24.0 Å². The zero-order valence-electron chi connectivity index (χ0n) is 15.3. The lowest BCUT2D eigenvalue weighted by Gasteiger charge is -2.24. The second-order valence-corrected chi connectivity index (χ2v) is 6.23. The summed E-state index contributed by atoms with van der Waals surface area (Å²) in [7, 11) is 0. The van der Waals surface area contributed by atoms with Crippen LogP contribution >= 0.6 is 0 Å². The van der Waals surface area contributed by atoms with Crippen molar-refractivity contribution in [1.29, 1.82) is 0 Å². The highest BCUT2D eigenvalue weighted by Gasteiger charge is 2.29. The zero-order valence-corrected chi connectivity index (χ0v) is 15.3. The van der Waals surface area contributed by atoms with Gasteiger partial charge in [-0.25, -0.2) is 4.79 Å². The first-order valence-electron chi connectivity index (χ1n) is 8.45. The Kier molecular flexibility index (Phi) is 5.44. The number of nitrogens with one attached hydrogen (secondary N) is 1. The van der Waals surface area contributed by atoms with E-state index >= 15 is 0 Å². The third-order valence-electron chi connectivity index (χ3n) is 4.20. The highest BCUT2D eigenvalue weighted by atomic mass is 16.6. The van der Waals surface area contributed by atoms with E-state index in [1.54, 1.807) is 38.1 Å². The SMILES string of the molecule is Cc1cc(NC(=O)COC(=O)[C@@H]2COc3ccccc3O2)c([N+](=O)[O-])cc1C. The van der Waals surface area contributed by atoms with Crippen LogP contribution in [0.3, 0.4) is 0 Å². The van der Waals surface area contributed by atoms with Crippen LogP contribution in [-0.4, -0.2) is 36.1 Å². The molecule has 0 bridgehead atoms. The third-order valence-corrected chi connectivity index (χ3v) is 4.20. The number of carbonyl (C=O) groups is 2. The topological polar surface area (TPSA) is 117 Å². The highest BCUT2D eigenvalue weighted by molar-refractivity contribution is 5.95. The van der Waals surface area contributed by atoms with E-state index in [1.807, 2.05) is 0 Å². The molecule has 1 heterocycles. The van der Waals surface area contributed by atoms with Gasteiger partial charge in [0.25, 0.3) is 11.6 Å². The molecule has 2 aromatic carbocycles. The minimum absolute atomic E-state index is 0.0416. The Morgan fingerprint density at radius 1 is 1.21 bits per heavy atom. The van der Waals surface area contributed by atoms with Crippen LogP contribution in [0.25, 0.3) is 0 Å². The molecule has 1 aliphatic heterocycles. The Balaban J connectivity index is 1.59. The molecule has 1 atom stereocenters. The molecule has 3 rings (SSSR count). The summed E-state index contributed by atoms with van der Waals surface area (Å²) in [5, 5.41) is 13.6. The lowest BCUT2D eigenvalue weighted by molar-refractivity contribution is -0.384. The Morgan fingerprint density at radius 2 is 1.89 bits per heavy atom.